The summed E-state index contributed by atoms with van der Waals surface area (Å²) in [6.07, 6.45) is 2.15. The minimum absolute atomic E-state index is 0.0177. The number of ether oxygens (including phenoxy) is 2. The molecule has 1 aromatic carbocycles. The zero-order valence-electron chi connectivity index (χ0n) is 15.8. The van der Waals surface area contributed by atoms with Crippen molar-refractivity contribution in [2.24, 2.45) is 5.92 Å². The smallest absolute Gasteiger partial charge is 0.255 e. The number of aliphatic hydroxyl groups is 1. The topological polar surface area (TPSA) is 94.8 Å². The first-order chi connectivity index (χ1) is 13.6. The first-order valence-corrected chi connectivity index (χ1v) is 9.74. The van der Waals surface area contributed by atoms with Crippen LogP contribution in [0.3, 0.4) is 0 Å². The number of hydrogen-bond acceptors (Lipinski definition) is 6. The van der Waals surface area contributed by atoms with Crippen molar-refractivity contribution in [1.82, 2.24) is 10.2 Å². The normalized spacial score (nSPS) is 22.2. The molecule has 2 aliphatic heterocycles. The lowest BCUT2D eigenvalue weighted by Crippen LogP contribution is -2.47. The van der Waals surface area contributed by atoms with E-state index in [4.69, 9.17) is 14.7 Å². The Morgan fingerprint density at radius 1 is 1.36 bits per heavy atom. The van der Waals surface area contributed by atoms with Crippen LogP contribution in [0.25, 0.3) is 0 Å². The maximum atomic E-state index is 14.0. The largest absolute Gasteiger partial charge is 0.489 e. The first-order valence-electron chi connectivity index (χ1n) is 9.74. The molecule has 0 radical (unpaired) electrons. The molecule has 0 aromatic heterocycles. The Labute approximate surface area is 164 Å². The molecular formula is C20H26FN3O4. The maximum Gasteiger partial charge on any atom is 0.255 e. The monoisotopic (exact) mass is 391 g/mol. The van der Waals surface area contributed by atoms with E-state index in [9.17, 15) is 14.3 Å². The third-order valence-electron chi connectivity index (χ3n) is 5.18. The molecule has 1 fully saturated rings. The third-order valence-corrected chi connectivity index (χ3v) is 5.18. The predicted molar refractivity (Wildman–Crippen MR) is 99.7 cm³/mol. The van der Waals surface area contributed by atoms with Crippen molar-refractivity contribution in [3.05, 3.63) is 23.5 Å². The van der Waals surface area contributed by atoms with Crippen LogP contribution in [0.1, 0.15) is 36.0 Å². The number of likely N-dealkylation sites (tertiary alicyclic amines) is 1. The zero-order chi connectivity index (χ0) is 19.9. The molecule has 152 valence electrons. The molecule has 1 saturated heterocycles. The van der Waals surface area contributed by atoms with Crippen LogP contribution in [0.5, 0.6) is 11.5 Å². The lowest BCUT2D eigenvalue weighted by Gasteiger charge is -2.35. The van der Waals surface area contributed by atoms with Crippen molar-refractivity contribution in [1.29, 1.82) is 5.26 Å². The summed E-state index contributed by atoms with van der Waals surface area (Å²) in [4.78, 5) is 14.8. The summed E-state index contributed by atoms with van der Waals surface area (Å²) in [7, 11) is 0. The van der Waals surface area contributed by atoms with Crippen LogP contribution >= 0.6 is 0 Å². The molecule has 28 heavy (non-hydrogen) atoms. The highest BCUT2D eigenvalue weighted by Gasteiger charge is 2.29. The van der Waals surface area contributed by atoms with Crippen LogP contribution in [0, 0.1) is 23.1 Å². The molecule has 0 saturated carbocycles. The standard InChI is InChI=1S/C20H26FN3O4/c21-16-5-4-15(18-19(16)28-11-3-10-27-18)20(26)23-12-14-6-9-24(13-17(14)25)8-2-1-7-22/h4-5,14,17,25H,1-3,6,8-13H2,(H,23,26)/t14-,17+/m0/s1. The summed E-state index contributed by atoms with van der Waals surface area (Å²) in [5.41, 5.74) is 0.238. The Hall–Kier alpha value is -2.37. The molecule has 2 atom stereocenters. The maximum absolute atomic E-state index is 14.0. The number of halogens is 1. The number of amides is 1. The van der Waals surface area contributed by atoms with E-state index in [0.717, 1.165) is 25.9 Å². The fourth-order valence-electron chi connectivity index (χ4n) is 3.59. The Kier molecular flexibility index (Phi) is 7.06. The Balaban J connectivity index is 1.56. The molecule has 8 heteroatoms. The van der Waals surface area contributed by atoms with Crippen LogP contribution in [0.4, 0.5) is 4.39 Å². The van der Waals surface area contributed by atoms with E-state index in [-0.39, 0.29) is 28.9 Å². The van der Waals surface area contributed by atoms with Gasteiger partial charge in [0, 0.05) is 31.8 Å². The van der Waals surface area contributed by atoms with E-state index in [1.54, 1.807) is 0 Å². The van der Waals surface area contributed by atoms with Crippen LogP contribution in [-0.2, 0) is 0 Å². The van der Waals surface area contributed by atoms with E-state index >= 15 is 0 Å². The minimum Gasteiger partial charge on any atom is -0.489 e. The van der Waals surface area contributed by atoms with Gasteiger partial charge >= 0.3 is 0 Å². The van der Waals surface area contributed by atoms with Gasteiger partial charge in [-0.3, -0.25) is 4.79 Å². The number of hydrogen-bond donors (Lipinski definition) is 2. The van der Waals surface area contributed by atoms with E-state index in [0.29, 0.717) is 39.1 Å². The lowest BCUT2D eigenvalue weighted by molar-refractivity contribution is 0.0219. The average Bonchev–Trinajstić information content (AvgIpc) is 2.94. The van der Waals surface area contributed by atoms with Crippen molar-refractivity contribution < 1.29 is 23.8 Å². The molecule has 0 aliphatic carbocycles. The average molecular weight is 391 g/mol. The quantitative estimate of drug-likeness (QED) is 0.717. The molecule has 0 spiro atoms. The highest BCUT2D eigenvalue weighted by molar-refractivity contribution is 5.97. The van der Waals surface area contributed by atoms with Crippen molar-refractivity contribution >= 4 is 5.91 Å². The van der Waals surface area contributed by atoms with Gasteiger partial charge in [0.25, 0.3) is 5.91 Å². The fraction of sp³-hybridized carbons (Fsp3) is 0.600. The number of fused-ring (bicyclic) bond motifs is 1. The van der Waals surface area contributed by atoms with Crippen LogP contribution in [0.2, 0.25) is 0 Å². The van der Waals surface area contributed by atoms with Gasteiger partial charge in [-0.05, 0) is 38.1 Å². The van der Waals surface area contributed by atoms with Crippen molar-refractivity contribution in [2.45, 2.75) is 31.8 Å². The Bertz CT molecular complexity index is 737. The number of unbranched alkanes of at least 4 members (excludes halogenated alkanes) is 1. The summed E-state index contributed by atoms with van der Waals surface area (Å²) < 4.78 is 24.9. The molecule has 0 unspecified atom stereocenters. The summed E-state index contributed by atoms with van der Waals surface area (Å²) in [5.74, 6) is -0.843. The molecule has 7 nitrogen and oxygen atoms in total. The lowest BCUT2D eigenvalue weighted by atomic mass is 9.93. The summed E-state index contributed by atoms with van der Waals surface area (Å²) in [6.45, 7) is 3.19. The molecule has 1 amide bonds. The van der Waals surface area contributed by atoms with Gasteiger partial charge in [0.1, 0.15) is 0 Å². The van der Waals surface area contributed by atoms with E-state index in [2.05, 4.69) is 16.3 Å². The molecule has 2 heterocycles. The summed E-state index contributed by atoms with van der Waals surface area (Å²) in [5, 5.41) is 21.8. The fourth-order valence-corrected chi connectivity index (χ4v) is 3.59. The van der Waals surface area contributed by atoms with Crippen molar-refractivity contribution in [2.75, 3.05) is 39.4 Å². The summed E-state index contributed by atoms with van der Waals surface area (Å²) >= 11 is 0. The second kappa shape index (κ2) is 9.71. The van der Waals surface area contributed by atoms with Gasteiger partial charge in [0.05, 0.1) is 31.0 Å². The predicted octanol–water partition coefficient (Wildman–Crippen LogP) is 1.70. The summed E-state index contributed by atoms with van der Waals surface area (Å²) in [6, 6.07) is 4.73. The Morgan fingerprint density at radius 3 is 2.89 bits per heavy atom. The van der Waals surface area contributed by atoms with E-state index in [1.807, 2.05) is 0 Å². The minimum atomic E-state index is -0.548. The highest BCUT2D eigenvalue weighted by Crippen LogP contribution is 2.36. The number of piperidine rings is 1. The SMILES string of the molecule is N#CCCCN1CC[C@@H](CNC(=O)c2ccc(F)c3c2OCCCO3)[C@H](O)C1. The van der Waals surface area contributed by atoms with Crippen LogP contribution in [-0.4, -0.2) is 61.4 Å². The van der Waals surface area contributed by atoms with Gasteiger partial charge in [-0.2, -0.15) is 5.26 Å². The third kappa shape index (κ3) is 4.91. The zero-order valence-corrected chi connectivity index (χ0v) is 15.8. The molecular weight excluding hydrogens is 365 g/mol. The van der Waals surface area contributed by atoms with Gasteiger partial charge in [-0.15, -0.1) is 0 Å². The number of nitrogens with one attached hydrogen (secondary N) is 1. The van der Waals surface area contributed by atoms with E-state index in [1.165, 1.54) is 12.1 Å². The second-order valence-electron chi connectivity index (χ2n) is 7.19. The highest BCUT2D eigenvalue weighted by atomic mass is 19.1. The number of carbonyl (C=O) groups excluding carboxylic acids is 1. The first kappa shape index (κ1) is 20.4. The van der Waals surface area contributed by atoms with E-state index < -0.39 is 11.9 Å². The van der Waals surface area contributed by atoms with Crippen LogP contribution in [0.15, 0.2) is 12.1 Å². The molecule has 2 aliphatic rings. The molecule has 3 rings (SSSR count). The number of carbonyl (C=O) groups is 1. The second-order valence-corrected chi connectivity index (χ2v) is 7.19. The van der Waals surface area contributed by atoms with Gasteiger partial charge in [-0.1, -0.05) is 0 Å². The van der Waals surface area contributed by atoms with Gasteiger partial charge in [0.2, 0.25) is 0 Å². The number of rotatable bonds is 6. The number of nitrogens with zero attached hydrogens (tertiary/aromatic N) is 2. The number of benzene rings is 1. The van der Waals surface area contributed by atoms with Gasteiger partial charge in [0.15, 0.2) is 17.3 Å². The van der Waals surface area contributed by atoms with Gasteiger partial charge in [-0.25, -0.2) is 4.39 Å². The number of β-amino-alcohol motifs (C(OH)–C–C–N with tert-alkyl or cyclic N) is 1. The number of aliphatic hydroxyl groups excluding tert-OH is 1. The van der Waals surface area contributed by atoms with Crippen molar-refractivity contribution in [3.8, 4) is 17.6 Å². The molecule has 2 N–H and O–H groups in total. The van der Waals surface area contributed by atoms with Gasteiger partial charge < -0.3 is 24.8 Å². The van der Waals surface area contributed by atoms with Crippen molar-refractivity contribution in [3.63, 3.8) is 0 Å². The molecule has 0 bridgehead atoms. The van der Waals surface area contributed by atoms with Crippen LogP contribution < -0.4 is 14.8 Å². The molecule has 1 aromatic rings. The number of nitriles is 1. The Morgan fingerprint density at radius 2 is 2.14 bits per heavy atom.